The maximum Gasteiger partial charge on any atom is 0.251 e. The van der Waals surface area contributed by atoms with E-state index in [1.54, 1.807) is 0 Å². The lowest BCUT2D eigenvalue weighted by atomic mass is 10.1. The second-order valence-electron chi connectivity index (χ2n) is 3.54. The lowest BCUT2D eigenvalue weighted by Gasteiger charge is -2.23. The zero-order chi connectivity index (χ0) is 10.6. The van der Waals surface area contributed by atoms with Gasteiger partial charge >= 0.3 is 0 Å². The molecule has 0 bridgehead atoms. The van der Waals surface area contributed by atoms with Crippen molar-refractivity contribution in [1.29, 1.82) is 5.26 Å². The highest BCUT2D eigenvalue weighted by Gasteiger charge is 2.19. The maximum absolute atomic E-state index is 8.76. The average molecular weight is 191 g/mol. The van der Waals surface area contributed by atoms with E-state index < -0.39 is 0 Å². The van der Waals surface area contributed by atoms with Gasteiger partial charge in [0.1, 0.15) is 11.7 Å². The molecule has 0 unspecified atom stereocenters. The molecule has 0 aliphatic carbocycles. The smallest absolute Gasteiger partial charge is 0.251 e. The van der Waals surface area contributed by atoms with Crippen LogP contribution in [0.2, 0.25) is 0 Å². The Hall–Kier alpha value is -1.63. The SMILES string of the molecule is CCC(C)(C)Oc1nccnc1C#N. The van der Waals surface area contributed by atoms with E-state index in [1.807, 2.05) is 26.8 Å². The molecule has 0 fully saturated rings. The molecular weight excluding hydrogens is 178 g/mol. The molecule has 74 valence electrons. The van der Waals surface area contributed by atoms with E-state index in [2.05, 4.69) is 9.97 Å². The van der Waals surface area contributed by atoms with E-state index in [4.69, 9.17) is 10.00 Å². The first-order chi connectivity index (χ1) is 6.59. The molecule has 0 N–H and O–H groups in total. The van der Waals surface area contributed by atoms with E-state index >= 15 is 0 Å². The van der Waals surface area contributed by atoms with Gasteiger partial charge in [-0.3, -0.25) is 0 Å². The predicted molar refractivity (Wildman–Crippen MR) is 51.7 cm³/mol. The topological polar surface area (TPSA) is 58.8 Å². The van der Waals surface area contributed by atoms with Crippen molar-refractivity contribution >= 4 is 0 Å². The molecule has 0 aromatic carbocycles. The lowest BCUT2D eigenvalue weighted by Crippen LogP contribution is -2.27. The highest BCUT2D eigenvalue weighted by Crippen LogP contribution is 2.20. The van der Waals surface area contributed by atoms with Crippen LogP contribution in [-0.4, -0.2) is 15.6 Å². The third-order valence-electron chi connectivity index (χ3n) is 1.99. The summed E-state index contributed by atoms with van der Waals surface area (Å²) in [6.07, 6.45) is 3.83. The van der Waals surface area contributed by atoms with Crippen LogP contribution in [-0.2, 0) is 0 Å². The monoisotopic (exact) mass is 191 g/mol. The van der Waals surface area contributed by atoms with Crippen molar-refractivity contribution in [2.45, 2.75) is 32.8 Å². The highest BCUT2D eigenvalue weighted by molar-refractivity contribution is 5.30. The summed E-state index contributed by atoms with van der Waals surface area (Å²) >= 11 is 0. The van der Waals surface area contributed by atoms with E-state index in [1.165, 1.54) is 12.4 Å². The van der Waals surface area contributed by atoms with Crippen molar-refractivity contribution in [2.75, 3.05) is 0 Å². The standard InChI is InChI=1S/C10H13N3O/c1-4-10(2,3)14-9-8(7-11)12-5-6-13-9/h5-6H,4H2,1-3H3. The largest absolute Gasteiger partial charge is 0.470 e. The molecular formula is C10H13N3O. The minimum absolute atomic E-state index is 0.231. The van der Waals surface area contributed by atoms with Crippen LogP contribution in [0.15, 0.2) is 12.4 Å². The summed E-state index contributed by atoms with van der Waals surface area (Å²) in [5, 5.41) is 8.76. The quantitative estimate of drug-likeness (QED) is 0.732. The van der Waals surface area contributed by atoms with Crippen LogP contribution < -0.4 is 4.74 Å². The summed E-state index contributed by atoms with van der Waals surface area (Å²) in [6.45, 7) is 5.91. The van der Waals surface area contributed by atoms with Crippen LogP contribution in [0.1, 0.15) is 32.9 Å². The summed E-state index contributed by atoms with van der Waals surface area (Å²) in [4.78, 5) is 7.84. The number of hydrogen-bond acceptors (Lipinski definition) is 4. The molecule has 0 saturated heterocycles. The average Bonchev–Trinajstić information content (AvgIpc) is 2.18. The number of nitrogens with zero attached hydrogens (tertiary/aromatic N) is 3. The van der Waals surface area contributed by atoms with E-state index in [-0.39, 0.29) is 11.3 Å². The summed E-state index contributed by atoms with van der Waals surface area (Å²) in [6, 6.07) is 1.94. The molecule has 0 saturated carbocycles. The van der Waals surface area contributed by atoms with Gasteiger partial charge in [-0.2, -0.15) is 5.26 Å². The summed E-state index contributed by atoms with van der Waals surface area (Å²) in [5.74, 6) is 0.307. The maximum atomic E-state index is 8.76. The van der Waals surface area contributed by atoms with Gasteiger partial charge in [-0.05, 0) is 20.3 Å². The molecule has 1 heterocycles. The Morgan fingerprint density at radius 2 is 2.07 bits per heavy atom. The fourth-order valence-electron chi connectivity index (χ4n) is 0.811. The van der Waals surface area contributed by atoms with Crippen molar-refractivity contribution in [3.05, 3.63) is 18.1 Å². The number of rotatable bonds is 3. The molecule has 0 spiro atoms. The van der Waals surface area contributed by atoms with Gasteiger partial charge in [-0.25, -0.2) is 9.97 Å². The first-order valence-corrected chi connectivity index (χ1v) is 4.49. The first-order valence-electron chi connectivity index (χ1n) is 4.49. The van der Waals surface area contributed by atoms with Gasteiger partial charge < -0.3 is 4.74 Å². The molecule has 0 aliphatic rings. The molecule has 1 aromatic heterocycles. The second-order valence-corrected chi connectivity index (χ2v) is 3.54. The van der Waals surface area contributed by atoms with E-state index in [0.717, 1.165) is 6.42 Å². The van der Waals surface area contributed by atoms with Crippen LogP contribution in [0.5, 0.6) is 5.88 Å². The Kier molecular flexibility index (Phi) is 3.03. The minimum Gasteiger partial charge on any atom is -0.470 e. The van der Waals surface area contributed by atoms with Gasteiger partial charge in [0.15, 0.2) is 0 Å². The molecule has 0 amide bonds. The van der Waals surface area contributed by atoms with Crippen molar-refractivity contribution in [3.8, 4) is 11.9 Å². The minimum atomic E-state index is -0.318. The first kappa shape index (κ1) is 10.5. The van der Waals surface area contributed by atoms with Gasteiger partial charge in [0.05, 0.1) is 0 Å². The van der Waals surface area contributed by atoms with Crippen molar-refractivity contribution in [1.82, 2.24) is 9.97 Å². The normalized spacial score (nSPS) is 10.7. The van der Waals surface area contributed by atoms with E-state index in [9.17, 15) is 0 Å². The Bertz CT molecular complexity index is 355. The number of ether oxygens (including phenoxy) is 1. The van der Waals surface area contributed by atoms with Crippen LogP contribution in [0.25, 0.3) is 0 Å². The molecule has 14 heavy (non-hydrogen) atoms. The molecule has 4 nitrogen and oxygen atoms in total. The summed E-state index contributed by atoms with van der Waals surface area (Å²) < 4.78 is 5.58. The van der Waals surface area contributed by atoms with Crippen LogP contribution >= 0.6 is 0 Å². The zero-order valence-electron chi connectivity index (χ0n) is 8.61. The third-order valence-corrected chi connectivity index (χ3v) is 1.99. The molecule has 0 atom stereocenters. The Morgan fingerprint density at radius 3 is 2.64 bits per heavy atom. The number of hydrogen-bond donors (Lipinski definition) is 0. The summed E-state index contributed by atoms with van der Waals surface area (Å²) in [5.41, 5.74) is -0.0872. The van der Waals surface area contributed by atoms with Gasteiger partial charge in [0, 0.05) is 12.4 Å². The van der Waals surface area contributed by atoms with Crippen LogP contribution in [0.3, 0.4) is 0 Å². The van der Waals surface area contributed by atoms with Gasteiger partial charge in [-0.15, -0.1) is 0 Å². The molecule has 1 aromatic rings. The molecule has 0 aliphatic heterocycles. The Morgan fingerprint density at radius 1 is 1.43 bits per heavy atom. The van der Waals surface area contributed by atoms with Gasteiger partial charge in [0.2, 0.25) is 5.69 Å². The van der Waals surface area contributed by atoms with Crippen molar-refractivity contribution in [3.63, 3.8) is 0 Å². The third kappa shape index (κ3) is 2.43. The van der Waals surface area contributed by atoms with Gasteiger partial charge in [0.25, 0.3) is 5.88 Å². The van der Waals surface area contributed by atoms with Gasteiger partial charge in [-0.1, -0.05) is 6.92 Å². The fraction of sp³-hybridized carbons (Fsp3) is 0.500. The van der Waals surface area contributed by atoms with Crippen molar-refractivity contribution in [2.24, 2.45) is 0 Å². The molecule has 0 radical (unpaired) electrons. The molecule has 4 heteroatoms. The fourth-order valence-corrected chi connectivity index (χ4v) is 0.811. The Balaban J connectivity index is 2.92. The van der Waals surface area contributed by atoms with Crippen LogP contribution in [0, 0.1) is 11.3 Å². The zero-order valence-corrected chi connectivity index (χ0v) is 8.61. The summed E-state index contributed by atoms with van der Waals surface area (Å²) in [7, 11) is 0. The predicted octanol–water partition coefficient (Wildman–Crippen LogP) is 1.92. The number of aromatic nitrogens is 2. The van der Waals surface area contributed by atoms with Crippen molar-refractivity contribution < 1.29 is 4.74 Å². The van der Waals surface area contributed by atoms with Crippen LogP contribution in [0.4, 0.5) is 0 Å². The second kappa shape index (κ2) is 4.05. The highest BCUT2D eigenvalue weighted by atomic mass is 16.5. The lowest BCUT2D eigenvalue weighted by molar-refractivity contribution is 0.0979. The van der Waals surface area contributed by atoms with E-state index in [0.29, 0.717) is 5.88 Å². The number of nitriles is 1. The Labute approximate surface area is 83.6 Å². The molecule has 1 rings (SSSR count).